The van der Waals surface area contributed by atoms with Crippen molar-refractivity contribution in [1.82, 2.24) is 0 Å². The second kappa shape index (κ2) is 9.94. The Bertz CT molecular complexity index is 880. The van der Waals surface area contributed by atoms with Gasteiger partial charge in [-0.2, -0.15) is 30.7 Å². The maximum absolute atomic E-state index is 13.4. The lowest BCUT2D eigenvalue weighted by molar-refractivity contribution is -0.402. The summed E-state index contributed by atoms with van der Waals surface area (Å²) in [6.45, 7) is 2.20. The zero-order valence-corrected chi connectivity index (χ0v) is 18.3. The van der Waals surface area contributed by atoms with E-state index in [4.69, 9.17) is 0 Å². The first kappa shape index (κ1) is 25.4. The van der Waals surface area contributed by atoms with Crippen LogP contribution < -0.4 is 4.74 Å². The van der Waals surface area contributed by atoms with Crippen molar-refractivity contribution in [3.63, 3.8) is 0 Å². The minimum absolute atomic E-state index is 0.505. The lowest BCUT2D eigenvalue weighted by Gasteiger charge is -2.29. The van der Waals surface area contributed by atoms with Crippen molar-refractivity contribution in [2.45, 2.75) is 76.0 Å². The zero-order valence-electron chi connectivity index (χ0n) is 18.3. The largest absolute Gasteiger partial charge is 0.474 e. The molecule has 0 amide bonds. The van der Waals surface area contributed by atoms with Crippen LogP contribution in [0.1, 0.15) is 63.4 Å². The van der Waals surface area contributed by atoms with Crippen LogP contribution in [0.3, 0.4) is 0 Å². The highest BCUT2D eigenvalue weighted by Gasteiger charge is 2.75. The van der Waals surface area contributed by atoms with Gasteiger partial charge in [-0.15, -0.1) is 0 Å². The van der Waals surface area contributed by atoms with Crippen molar-refractivity contribution in [2.75, 3.05) is 0 Å². The van der Waals surface area contributed by atoms with Crippen LogP contribution in [0.2, 0.25) is 0 Å². The Morgan fingerprint density at radius 2 is 1.27 bits per heavy atom. The molecule has 1 saturated carbocycles. The predicted octanol–water partition coefficient (Wildman–Crippen LogP) is 8.99. The first-order valence-electron chi connectivity index (χ1n) is 11.2. The van der Waals surface area contributed by atoms with Gasteiger partial charge in [0.25, 0.3) is 0 Å². The Balaban J connectivity index is 1.62. The Hall–Kier alpha value is -2.25. The maximum Gasteiger partial charge on any atom is 0.474 e. The van der Waals surface area contributed by atoms with Crippen molar-refractivity contribution in [1.29, 1.82) is 0 Å². The summed E-state index contributed by atoms with van der Waals surface area (Å²) < 4.78 is 93.3. The molecule has 0 N–H and O–H groups in total. The van der Waals surface area contributed by atoms with E-state index in [1.807, 2.05) is 24.3 Å². The average molecular weight is 476 g/mol. The van der Waals surface area contributed by atoms with E-state index in [2.05, 4.69) is 11.7 Å². The van der Waals surface area contributed by atoms with Gasteiger partial charge >= 0.3 is 18.2 Å². The van der Waals surface area contributed by atoms with Crippen LogP contribution >= 0.6 is 0 Å². The van der Waals surface area contributed by atoms with E-state index in [9.17, 15) is 30.7 Å². The van der Waals surface area contributed by atoms with E-state index in [0.717, 1.165) is 36.5 Å². The lowest BCUT2D eigenvalue weighted by atomic mass is 9.77. The van der Waals surface area contributed by atoms with E-state index in [1.54, 1.807) is 0 Å². The molecule has 182 valence electrons. The normalized spacial score (nSPS) is 20.0. The molecule has 0 spiro atoms. The summed E-state index contributed by atoms with van der Waals surface area (Å²) in [4.78, 5) is 0. The van der Waals surface area contributed by atoms with Crippen molar-refractivity contribution in [2.24, 2.45) is 5.92 Å². The van der Waals surface area contributed by atoms with Crippen LogP contribution in [0.15, 0.2) is 48.5 Å². The monoisotopic (exact) mass is 476 g/mol. The SMILES string of the molecule is CCCCC1CCC(c2ccc(-c3ccc(OC(F)(F)C(F)(F)C(F)(F)F)cc3)cc2)CC1. The van der Waals surface area contributed by atoms with Gasteiger partial charge in [0.2, 0.25) is 0 Å². The van der Waals surface area contributed by atoms with Gasteiger partial charge in [-0.1, -0.05) is 62.6 Å². The summed E-state index contributed by atoms with van der Waals surface area (Å²) >= 11 is 0. The molecule has 8 heteroatoms. The summed E-state index contributed by atoms with van der Waals surface area (Å²) in [5.74, 6) is -5.79. The van der Waals surface area contributed by atoms with Crippen LogP contribution in [0.25, 0.3) is 11.1 Å². The van der Waals surface area contributed by atoms with Gasteiger partial charge in [-0.3, -0.25) is 0 Å². The summed E-state index contributed by atoms with van der Waals surface area (Å²) in [7, 11) is 0. The average Bonchev–Trinajstić information content (AvgIpc) is 2.77. The van der Waals surface area contributed by atoms with Crippen molar-refractivity contribution < 1.29 is 35.5 Å². The molecule has 2 aromatic carbocycles. The van der Waals surface area contributed by atoms with E-state index in [-0.39, 0.29) is 0 Å². The number of hydrogen-bond acceptors (Lipinski definition) is 1. The molecule has 1 aliphatic rings. The highest BCUT2D eigenvalue weighted by Crippen LogP contribution is 2.47. The molecule has 0 radical (unpaired) electrons. The molecule has 0 aliphatic heterocycles. The van der Waals surface area contributed by atoms with E-state index >= 15 is 0 Å². The Morgan fingerprint density at radius 1 is 0.758 bits per heavy atom. The fourth-order valence-electron chi connectivity index (χ4n) is 4.32. The maximum atomic E-state index is 13.4. The topological polar surface area (TPSA) is 9.23 Å². The number of hydrogen-bond donors (Lipinski definition) is 0. The van der Waals surface area contributed by atoms with Crippen molar-refractivity contribution >= 4 is 0 Å². The first-order valence-corrected chi connectivity index (χ1v) is 11.2. The third-order valence-corrected chi connectivity index (χ3v) is 6.35. The molecule has 3 rings (SSSR count). The van der Waals surface area contributed by atoms with Crippen molar-refractivity contribution in [3.8, 4) is 16.9 Å². The van der Waals surface area contributed by atoms with Crippen LogP contribution in [0.4, 0.5) is 30.7 Å². The molecule has 33 heavy (non-hydrogen) atoms. The number of halogens is 7. The van der Waals surface area contributed by atoms with Gasteiger partial charge < -0.3 is 4.74 Å². The predicted molar refractivity (Wildman–Crippen MR) is 113 cm³/mol. The van der Waals surface area contributed by atoms with E-state index in [1.165, 1.54) is 49.8 Å². The second-order valence-electron chi connectivity index (χ2n) is 8.70. The van der Waals surface area contributed by atoms with Crippen molar-refractivity contribution in [3.05, 3.63) is 54.1 Å². The minimum Gasteiger partial charge on any atom is -0.428 e. The lowest BCUT2D eigenvalue weighted by Crippen LogP contribution is -2.55. The number of ether oxygens (including phenoxy) is 1. The zero-order chi connectivity index (χ0) is 24.3. The third-order valence-electron chi connectivity index (χ3n) is 6.35. The number of rotatable bonds is 8. The molecule has 0 bridgehead atoms. The molecule has 0 unspecified atom stereocenters. The highest BCUT2D eigenvalue weighted by molar-refractivity contribution is 5.64. The molecule has 0 heterocycles. The standard InChI is InChI=1S/C25H27F7O/c1-2-3-4-17-5-7-18(8-6-17)19-9-11-20(12-10-19)21-13-15-22(16-14-21)33-25(31,32)23(26,27)24(28,29)30/h9-18H,2-8H2,1H3. The molecular weight excluding hydrogens is 449 g/mol. The fourth-order valence-corrected chi connectivity index (χ4v) is 4.32. The van der Waals surface area contributed by atoms with Gasteiger partial charge in [0.15, 0.2) is 0 Å². The van der Waals surface area contributed by atoms with Gasteiger partial charge in [0.1, 0.15) is 5.75 Å². The smallest absolute Gasteiger partial charge is 0.428 e. The fraction of sp³-hybridized carbons (Fsp3) is 0.520. The van der Waals surface area contributed by atoms with Crippen LogP contribution in [-0.4, -0.2) is 18.2 Å². The Kier molecular flexibility index (Phi) is 7.64. The van der Waals surface area contributed by atoms with Gasteiger partial charge in [0, 0.05) is 0 Å². The van der Waals surface area contributed by atoms with Crippen LogP contribution in [-0.2, 0) is 0 Å². The summed E-state index contributed by atoms with van der Waals surface area (Å²) in [5.41, 5.74) is 2.61. The highest BCUT2D eigenvalue weighted by atomic mass is 19.4. The summed E-state index contributed by atoms with van der Waals surface area (Å²) in [5, 5.41) is 0. The quantitative estimate of drug-likeness (QED) is 0.346. The molecule has 1 aliphatic carbocycles. The molecular formula is C25H27F7O. The summed E-state index contributed by atoms with van der Waals surface area (Å²) in [6.07, 6.45) is -3.63. The number of unbranched alkanes of at least 4 members (excludes halogenated alkanes) is 1. The third kappa shape index (κ3) is 5.82. The number of benzene rings is 2. The van der Waals surface area contributed by atoms with E-state index in [0.29, 0.717) is 11.5 Å². The summed E-state index contributed by atoms with van der Waals surface area (Å²) in [6, 6.07) is 12.4. The molecule has 0 saturated heterocycles. The van der Waals surface area contributed by atoms with Crippen LogP contribution in [0, 0.1) is 5.92 Å². The van der Waals surface area contributed by atoms with E-state index < -0.39 is 24.0 Å². The van der Waals surface area contributed by atoms with Gasteiger partial charge in [-0.05, 0) is 66.3 Å². The Morgan fingerprint density at radius 3 is 1.76 bits per heavy atom. The molecule has 1 fully saturated rings. The second-order valence-corrected chi connectivity index (χ2v) is 8.70. The van der Waals surface area contributed by atoms with Gasteiger partial charge in [0.05, 0.1) is 0 Å². The minimum atomic E-state index is -6.44. The molecule has 0 aromatic heterocycles. The molecule has 1 nitrogen and oxygen atoms in total. The Labute approximate surface area is 188 Å². The van der Waals surface area contributed by atoms with Gasteiger partial charge in [-0.25, -0.2) is 0 Å². The number of alkyl halides is 7. The molecule has 2 aromatic rings. The van der Waals surface area contributed by atoms with Crippen LogP contribution in [0.5, 0.6) is 5.75 Å². The molecule has 0 atom stereocenters. The first-order chi connectivity index (χ1) is 15.4.